The monoisotopic (exact) mass is 301 g/mol. The molecule has 1 atom stereocenters. The summed E-state index contributed by atoms with van der Waals surface area (Å²) in [5.41, 5.74) is 0.258. The van der Waals surface area contributed by atoms with E-state index >= 15 is 0 Å². The van der Waals surface area contributed by atoms with Crippen molar-refractivity contribution in [2.24, 2.45) is 5.92 Å². The summed E-state index contributed by atoms with van der Waals surface area (Å²) < 4.78 is 43.0. The van der Waals surface area contributed by atoms with Gasteiger partial charge in [-0.3, -0.25) is 0 Å². The second kappa shape index (κ2) is 7.27. The van der Waals surface area contributed by atoms with Crippen LogP contribution in [0.4, 0.5) is 13.2 Å². The number of rotatable bonds is 8. The van der Waals surface area contributed by atoms with Crippen molar-refractivity contribution < 1.29 is 17.9 Å². The number of halogens is 3. The molecule has 2 nitrogen and oxygen atoms in total. The van der Waals surface area contributed by atoms with Crippen molar-refractivity contribution in [1.82, 2.24) is 5.32 Å². The van der Waals surface area contributed by atoms with Gasteiger partial charge in [0.15, 0.2) is 0 Å². The molecule has 0 aromatic heterocycles. The zero-order chi connectivity index (χ0) is 15.3. The highest BCUT2D eigenvalue weighted by Crippen LogP contribution is 2.30. The summed E-state index contributed by atoms with van der Waals surface area (Å²) in [6, 6.07) is 5.36. The molecule has 21 heavy (non-hydrogen) atoms. The van der Waals surface area contributed by atoms with Gasteiger partial charge in [0.05, 0.1) is 5.56 Å². The third-order valence-electron chi connectivity index (χ3n) is 3.70. The minimum Gasteiger partial charge on any atom is -0.381 e. The molecule has 0 amide bonds. The fraction of sp³-hybridized carbons (Fsp3) is 0.625. The van der Waals surface area contributed by atoms with Gasteiger partial charge in [0, 0.05) is 19.3 Å². The van der Waals surface area contributed by atoms with Gasteiger partial charge < -0.3 is 10.1 Å². The van der Waals surface area contributed by atoms with Crippen LogP contribution in [0.25, 0.3) is 0 Å². The Kier molecular flexibility index (Phi) is 5.65. The van der Waals surface area contributed by atoms with E-state index in [9.17, 15) is 13.2 Å². The molecule has 5 heteroatoms. The molecule has 0 spiro atoms. The van der Waals surface area contributed by atoms with Crippen LogP contribution in [0, 0.1) is 5.92 Å². The number of hydrogen-bond donors (Lipinski definition) is 1. The summed E-state index contributed by atoms with van der Waals surface area (Å²) >= 11 is 0. The van der Waals surface area contributed by atoms with Crippen LogP contribution in [-0.4, -0.2) is 19.8 Å². The minimum atomic E-state index is -4.27. The first-order valence-corrected chi connectivity index (χ1v) is 7.45. The average Bonchev–Trinajstić information content (AvgIpc) is 3.26. The highest BCUT2D eigenvalue weighted by Gasteiger charge is 2.30. The Morgan fingerprint density at radius 2 is 1.90 bits per heavy atom. The largest absolute Gasteiger partial charge is 0.416 e. The maximum atomic E-state index is 12.5. The second-order valence-corrected chi connectivity index (χ2v) is 5.67. The standard InChI is InChI=1S/C16H22F3NO/c1-12(20-9-2-10-21-11-13-3-4-13)14-5-7-15(8-6-14)16(17,18)19/h5-8,12-13,20H,2-4,9-11H2,1H3. The SMILES string of the molecule is CC(NCCCOCC1CC1)c1ccc(C(F)(F)F)cc1. The molecule has 2 rings (SSSR count). The van der Waals surface area contributed by atoms with Gasteiger partial charge in [0.2, 0.25) is 0 Å². The average molecular weight is 301 g/mol. The van der Waals surface area contributed by atoms with Crippen molar-refractivity contribution in [3.05, 3.63) is 35.4 Å². The lowest BCUT2D eigenvalue weighted by atomic mass is 10.1. The predicted molar refractivity (Wildman–Crippen MR) is 76.0 cm³/mol. The fourth-order valence-electron chi connectivity index (χ4n) is 2.11. The molecule has 1 aromatic rings. The van der Waals surface area contributed by atoms with Crippen molar-refractivity contribution in [2.75, 3.05) is 19.8 Å². The molecule has 1 fully saturated rings. The summed E-state index contributed by atoms with van der Waals surface area (Å²) in [6.45, 7) is 4.36. The van der Waals surface area contributed by atoms with Gasteiger partial charge in [-0.1, -0.05) is 12.1 Å². The Labute approximate surface area is 123 Å². The smallest absolute Gasteiger partial charge is 0.381 e. The molecule has 1 unspecified atom stereocenters. The predicted octanol–water partition coefficient (Wildman–Crippen LogP) is 4.17. The van der Waals surface area contributed by atoms with Crippen molar-refractivity contribution in [3.63, 3.8) is 0 Å². The minimum absolute atomic E-state index is 0.0377. The Morgan fingerprint density at radius 3 is 2.48 bits per heavy atom. The van der Waals surface area contributed by atoms with E-state index < -0.39 is 11.7 Å². The molecule has 118 valence electrons. The van der Waals surface area contributed by atoms with Gasteiger partial charge in [0.25, 0.3) is 0 Å². The zero-order valence-electron chi connectivity index (χ0n) is 12.2. The molecule has 1 aliphatic carbocycles. The number of benzene rings is 1. The lowest BCUT2D eigenvalue weighted by molar-refractivity contribution is -0.137. The lowest BCUT2D eigenvalue weighted by Gasteiger charge is -2.15. The van der Waals surface area contributed by atoms with Gasteiger partial charge in [-0.05, 0) is 56.3 Å². The molecule has 0 radical (unpaired) electrons. The van der Waals surface area contributed by atoms with Gasteiger partial charge in [0.1, 0.15) is 0 Å². The first kappa shape index (κ1) is 16.3. The normalized spacial score (nSPS) is 17.0. The van der Waals surface area contributed by atoms with Crippen molar-refractivity contribution >= 4 is 0 Å². The lowest BCUT2D eigenvalue weighted by Crippen LogP contribution is -2.21. The van der Waals surface area contributed by atoms with E-state index in [1.54, 1.807) is 0 Å². The molecule has 0 heterocycles. The van der Waals surface area contributed by atoms with Crippen LogP contribution in [-0.2, 0) is 10.9 Å². The molecule has 1 aliphatic rings. The second-order valence-electron chi connectivity index (χ2n) is 5.67. The topological polar surface area (TPSA) is 21.3 Å². The maximum Gasteiger partial charge on any atom is 0.416 e. The quantitative estimate of drug-likeness (QED) is 0.728. The van der Waals surface area contributed by atoms with Crippen LogP contribution in [0.2, 0.25) is 0 Å². The fourth-order valence-corrected chi connectivity index (χ4v) is 2.11. The molecule has 0 saturated heterocycles. The first-order valence-electron chi connectivity index (χ1n) is 7.45. The van der Waals surface area contributed by atoms with Gasteiger partial charge >= 0.3 is 6.18 Å². The van der Waals surface area contributed by atoms with E-state index in [-0.39, 0.29) is 6.04 Å². The van der Waals surface area contributed by atoms with E-state index in [0.29, 0.717) is 0 Å². The van der Waals surface area contributed by atoms with E-state index in [1.807, 2.05) is 6.92 Å². The first-order chi connectivity index (χ1) is 9.97. The van der Waals surface area contributed by atoms with Crippen molar-refractivity contribution in [2.45, 2.75) is 38.4 Å². The van der Waals surface area contributed by atoms with Crippen LogP contribution in [0.15, 0.2) is 24.3 Å². The summed E-state index contributed by atoms with van der Waals surface area (Å²) in [7, 11) is 0. The van der Waals surface area contributed by atoms with Crippen LogP contribution in [0.3, 0.4) is 0 Å². The van der Waals surface area contributed by atoms with Crippen LogP contribution < -0.4 is 5.32 Å². The molecule has 0 bridgehead atoms. The van der Waals surface area contributed by atoms with E-state index in [0.717, 1.165) is 49.8 Å². The summed E-state index contributed by atoms with van der Waals surface area (Å²) in [6.07, 6.45) is -0.766. The Morgan fingerprint density at radius 1 is 1.24 bits per heavy atom. The van der Waals surface area contributed by atoms with E-state index in [1.165, 1.54) is 25.0 Å². The van der Waals surface area contributed by atoms with E-state index in [4.69, 9.17) is 4.74 Å². The van der Waals surface area contributed by atoms with Crippen molar-refractivity contribution in [3.8, 4) is 0 Å². The number of hydrogen-bond acceptors (Lipinski definition) is 2. The summed E-state index contributed by atoms with van der Waals surface area (Å²) in [5, 5.41) is 3.30. The van der Waals surface area contributed by atoms with Gasteiger partial charge in [-0.25, -0.2) is 0 Å². The number of alkyl halides is 3. The summed E-state index contributed by atoms with van der Waals surface area (Å²) in [4.78, 5) is 0. The number of ether oxygens (including phenoxy) is 1. The zero-order valence-corrected chi connectivity index (χ0v) is 12.2. The molecule has 1 N–H and O–H groups in total. The number of nitrogens with one attached hydrogen (secondary N) is 1. The third kappa shape index (κ3) is 5.67. The summed E-state index contributed by atoms with van der Waals surface area (Å²) in [5.74, 6) is 0.782. The van der Waals surface area contributed by atoms with Crippen LogP contribution in [0.5, 0.6) is 0 Å². The highest BCUT2D eigenvalue weighted by atomic mass is 19.4. The van der Waals surface area contributed by atoms with Crippen LogP contribution >= 0.6 is 0 Å². The third-order valence-corrected chi connectivity index (χ3v) is 3.70. The van der Waals surface area contributed by atoms with E-state index in [2.05, 4.69) is 5.32 Å². The molecule has 1 aromatic carbocycles. The molecule has 1 saturated carbocycles. The highest BCUT2D eigenvalue weighted by molar-refractivity contribution is 5.26. The molecular weight excluding hydrogens is 279 g/mol. The van der Waals surface area contributed by atoms with Crippen molar-refractivity contribution in [1.29, 1.82) is 0 Å². The van der Waals surface area contributed by atoms with Gasteiger partial charge in [-0.2, -0.15) is 13.2 Å². The Balaban J connectivity index is 1.66. The Hall–Kier alpha value is -1.07. The molecular formula is C16H22F3NO. The van der Waals surface area contributed by atoms with Crippen LogP contribution in [0.1, 0.15) is 43.4 Å². The molecule has 0 aliphatic heterocycles. The van der Waals surface area contributed by atoms with Gasteiger partial charge in [-0.15, -0.1) is 0 Å². The Bertz CT molecular complexity index is 426. The maximum absolute atomic E-state index is 12.5.